The molecular weight excluding hydrogens is 741 g/mol. The molecule has 0 spiro atoms. The number of nitrogens with zero attached hydrogens (tertiary/aromatic N) is 2. The van der Waals surface area contributed by atoms with Crippen LogP contribution in [0.1, 0.15) is 0 Å². The van der Waals surface area contributed by atoms with E-state index in [1.54, 1.807) is 0 Å². The Balaban J connectivity index is 1.11. The van der Waals surface area contributed by atoms with Crippen molar-refractivity contribution in [3.63, 3.8) is 0 Å². The van der Waals surface area contributed by atoms with Gasteiger partial charge < -0.3 is 9.47 Å². The van der Waals surface area contributed by atoms with Crippen LogP contribution in [-0.4, -0.2) is 4.57 Å². The Morgan fingerprint density at radius 3 is 1.72 bits per heavy atom. The van der Waals surface area contributed by atoms with E-state index in [9.17, 15) is 0 Å². The third-order valence-corrected chi connectivity index (χ3v) is 13.9. The number of fused-ring (bicyclic) bond motifs is 9. The van der Waals surface area contributed by atoms with Gasteiger partial charge in [-0.2, -0.15) is 0 Å². The number of aromatic nitrogens is 1. The number of thiophene rings is 2. The zero-order valence-electron chi connectivity index (χ0n) is 31.3. The van der Waals surface area contributed by atoms with Crippen molar-refractivity contribution in [2.24, 2.45) is 0 Å². The molecule has 0 saturated carbocycles. The molecule has 0 atom stereocenters. The van der Waals surface area contributed by atoms with Gasteiger partial charge in [0.1, 0.15) is 0 Å². The minimum atomic E-state index is 1.11. The lowest BCUT2D eigenvalue weighted by molar-refractivity contribution is 1.17. The quantitative estimate of drug-likeness (QED) is 0.163. The van der Waals surface area contributed by atoms with Gasteiger partial charge in [0, 0.05) is 68.2 Å². The average Bonchev–Trinajstić information content (AvgIpc) is 3.97. The molecule has 0 radical (unpaired) electrons. The van der Waals surface area contributed by atoms with Crippen LogP contribution >= 0.6 is 22.7 Å². The zero-order chi connectivity index (χ0) is 38.2. The van der Waals surface area contributed by atoms with Crippen LogP contribution in [0.4, 0.5) is 17.1 Å². The predicted octanol–water partition coefficient (Wildman–Crippen LogP) is 16.3. The van der Waals surface area contributed by atoms with Crippen LogP contribution in [0.25, 0.3) is 90.1 Å². The summed E-state index contributed by atoms with van der Waals surface area (Å²) in [5.74, 6) is 0. The highest BCUT2D eigenvalue weighted by molar-refractivity contribution is 7.26. The first-order chi connectivity index (χ1) is 28.8. The molecule has 0 unspecified atom stereocenters. The molecule has 12 rings (SSSR count). The van der Waals surface area contributed by atoms with Crippen LogP contribution in [0.15, 0.2) is 206 Å². The van der Waals surface area contributed by atoms with Gasteiger partial charge in [-0.25, -0.2) is 0 Å². The Hall–Kier alpha value is -6.98. The predicted molar refractivity (Wildman–Crippen MR) is 252 cm³/mol. The van der Waals surface area contributed by atoms with Gasteiger partial charge >= 0.3 is 0 Å². The summed E-state index contributed by atoms with van der Waals surface area (Å²) in [6, 6.07) is 75.7. The van der Waals surface area contributed by atoms with E-state index >= 15 is 0 Å². The first-order valence-corrected chi connectivity index (χ1v) is 21.3. The van der Waals surface area contributed by atoms with Crippen LogP contribution < -0.4 is 4.90 Å². The molecule has 272 valence electrons. The Bertz CT molecular complexity index is 3450. The number of rotatable bonds is 6. The summed E-state index contributed by atoms with van der Waals surface area (Å²) in [4.78, 5) is 2.48. The van der Waals surface area contributed by atoms with Crippen LogP contribution in [0.2, 0.25) is 0 Å². The standard InChI is InChI=1S/C54H34N2S2/c1-3-13-35(14-4-1)37-23-29-45-52(33-37)58-54-41(36-15-5-2-6-16-36)30-31-49(53(45)54)55(40-28-32-51-46(34-40)44-19-9-12-22-50(44)57-51)38-24-26-39(27-25-38)56-47-20-10-7-17-42(47)43-18-8-11-21-48(43)56/h1-34H. The maximum Gasteiger partial charge on any atom is 0.0555 e. The second-order valence-electron chi connectivity index (χ2n) is 14.9. The fourth-order valence-electron chi connectivity index (χ4n) is 8.94. The normalized spacial score (nSPS) is 11.8. The lowest BCUT2D eigenvalue weighted by atomic mass is 9.98. The number of hydrogen-bond acceptors (Lipinski definition) is 3. The first kappa shape index (κ1) is 33.2. The van der Waals surface area contributed by atoms with Crippen LogP contribution in [0, 0.1) is 0 Å². The summed E-state index contributed by atoms with van der Waals surface area (Å²) < 4.78 is 7.57. The second kappa shape index (κ2) is 13.3. The van der Waals surface area contributed by atoms with Gasteiger partial charge in [-0.3, -0.25) is 0 Å². The van der Waals surface area contributed by atoms with Crippen molar-refractivity contribution in [1.29, 1.82) is 0 Å². The van der Waals surface area contributed by atoms with Crippen molar-refractivity contribution in [3.8, 4) is 27.9 Å². The summed E-state index contributed by atoms with van der Waals surface area (Å²) in [5, 5.41) is 7.64. The molecule has 12 aromatic rings. The lowest BCUT2D eigenvalue weighted by Gasteiger charge is -2.27. The molecule has 0 bridgehead atoms. The topological polar surface area (TPSA) is 8.17 Å². The van der Waals surface area contributed by atoms with E-state index in [-0.39, 0.29) is 0 Å². The molecule has 3 heterocycles. The summed E-state index contributed by atoms with van der Waals surface area (Å²) in [5.41, 5.74) is 11.9. The minimum Gasteiger partial charge on any atom is -0.310 e. The minimum absolute atomic E-state index is 1.11. The fraction of sp³-hybridized carbons (Fsp3) is 0. The highest BCUT2D eigenvalue weighted by Crippen LogP contribution is 2.50. The van der Waals surface area contributed by atoms with E-state index in [1.165, 1.54) is 84.4 Å². The van der Waals surface area contributed by atoms with Crippen LogP contribution in [0.3, 0.4) is 0 Å². The maximum atomic E-state index is 2.48. The molecular formula is C54H34N2S2. The van der Waals surface area contributed by atoms with E-state index in [0.29, 0.717) is 0 Å². The third-order valence-electron chi connectivity index (χ3n) is 11.6. The summed E-state index contributed by atoms with van der Waals surface area (Å²) in [6.07, 6.45) is 0. The molecule has 0 aliphatic rings. The molecule has 0 aliphatic carbocycles. The molecule has 0 N–H and O–H groups in total. The zero-order valence-corrected chi connectivity index (χ0v) is 33.0. The molecule has 58 heavy (non-hydrogen) atoms. The maximum absolute atomic E-state index is 2.48. The average molecular weight is 775 g/mol. The molecule has 0 amide bonds. The van der Waals surface area contributed by atoms with E-state index in [0.717, 1.165) is 22.7 Å². The van der Waals surface area contributed by atoms with Crippen molar-refractivity contribution in [3.05, 3.63) is 206 Å². The number of para-hydroxylation sites is 2. The van der Waals surface area contributed by atoms with Gasteiger partial charge in [0.15, 0.2) is 0 Å². The van der Waals surface area contributed by atoms with Crippen molar-refractivity contribution in [2.45, 2.75) is 0 Å². The van der Waals surface area contributed by atoms with E-state index in [2.05, 4.69) is 216 Å². The van der Waals surface area contributed by atoms with Gasteiger partial charge in [0.2, 0.25) is 0 Å². The SMILES string of the molecule is c1ccc(-c2ccc3c(c2)sc2c(-c4ccccc4)ccc(N(c4ccc(-n5c6ccccc6c6ccccc65)cc4)c4ccc5sc6ccccc6c5c4)c23)cc1. The van der Waals surface area contributed by atoms with Gasteiger partial charge in [-0.1, -0.05) is 133 Å². The van der Waals surface area contributed by atoms with E-state index in [4.69, 9.17) is 0 Å². The molecule has 2 nitrogen and oxygen atoms in total. The first-order valence-electron chi connectivity index (χ1n) is 19.7. The van der Waals surface area contributed by atoms with E-state index in [1.807, 2.05) is 22.7 Å². The molecule has 0 saturated heterocycles. The molecule has 0 fully saturated rings. The second-order valence-corrected chi connectivity index (χ2v) is 17.0. The van der Waals surface area contributed by atoms with Crippen LogP contribution in [-0.2, 0) is 0 Å². The number of benzene rings is 9. The molecule has 9 aromatic carbocycles. The Labute approximate surface area is 343 Å². The van der Waals surface area contributed by atoms with Crippen molar-refractivity contribution in [1.82, 2.24) is 4.57 Å². The monoisotopic (exact) mass is 774 g/mol. The molecule has 4 heteroatoms. The Morgan fingerprint density at radius 2 is 0.983 bits per heavy atom. The van der Waals surface area contributed by atoms with Crippen molar-refractivity contribution in [2.75, 3.05) is 4.90 Å². The highest BCUT2D eigenvalue weighted by atomic mass is 32.1. The summed E-state index contributed by atoms with van der Waals surface area (Å²) in [7, 11) is 0. The highest BCUT2D eigenvalue weighted by Gasteiger charge is 2.23. The van der Waals surface area contributed by atoms with Gasteiger partial charge in [0.25, 0.3) is 0 Å². The smallest absolute Gasteiger partial charge is 0.0555 e. The molecule has 3 aromatic heterocycles. The number of anilines is 3. The Morgan fingerprint density at radius 1 is 0.362 bits per heavy atom. The lowest BCUT2D eigenvalue weighted by Crippen LogP contribution is -2.10. The Kier molecular flexibility index (Phi) is 7.62. The van der Waals surface area contributed by atoms with Crippen LogP contribution in [0.5, 0.6) is 0 Å². The van der Waals surface area contributed by atoms with Crippen molar-refractivity contribution < 1.29 is 0 Å². The summed E-state index contributed by atoms with van der Waals surface area (Å²) >= 11 is 3.76. The van der Waals surface area contributed by atoms with Gasteiger partial charge in [0.05, 0.1) is 16.7 Å². The number of hydrogen-bond donors (Lipinski definition) is 0. The van der Waals surface area contributed by atoms with E-state index < -0.39 is 0 Å². The van der Waals surface area contributed by atoms with Crippen molar-refractivity contribution >= 4 is 102 Å². The third kappa shape index (κ3) is 5.23. The fourth-order valence-corrected chi connectivity index (χ4v) is 11.3. The largest absolute Gasteiger partial charge is 0.310 e. The molecule has 0 aliphatic heterocycles. The van der Waals surface area contributed by atoms with Gasteiger partial charge in [-0.15, -0.1) is 22.7 Å². The van der Waals surface area contributed by atoms with Gasteiger partial charge in [-0.05, 0) is 95.1 Å². The summed E-state index contributed by atoms with van der Waals surface area (Å²) in [6.45, 7) is 0.